The third-order valence-electron chi connectivity index (χ3n) is 3.85. The standard InChI is InChI=1S/C15H15NO5S/c17-12-8-14(15(18)19)16(9-12)22(20,21)13-6-5-10-3-1-2-4-11(10)7-13/h1-7,12,14,17H,8-9H2,(H,18,19)/t12-,14-/m0/s1. The molecule has 0 unspecified atom stereocenters. The number of aliphatic hydroxyl groups excluding tert-OH is 1. The first kappa shape index (κ1) is 15.0. The quantitative estimate of drug-likeness (QED) is 0.881. The molecule has 1 aliphatic heterocycles. The lowest BCUT2D eigenvalue weighted by Crippen LogP contribution is -2.40. The Labute approximate surface area is 127 Å². The molecule has 116 valence electrons. The highest BCUT2D eigenvalue weighted by molar-refractivity contribution is 7.89. The van der Waals surface area contributed by atoms with Crippen molar-refractivity contribution in [1.29, 1.82) is 0 Å². The van der Waals surface area contributed by atoms with Crippen molar-refractivity contribution >= 4 is 26.8 Å². The van der Waals surface area contributed by atoms with E-state index in [1.54, 1.807) is 18.2 Å². The number of β-amino-alcohol motifs (C(OH)–C–C–N with tert-alkyl or cyclic N) is 1. The summed E-state index contributed by atoms with van der Waals surface area (Å²) in [4.78, 5) is 11.3. The van der Waals surface area contributed by atoms with Gasteiger partial charge in [0.2, 0.25) is 10.0 Å². The van der Waals surface area contributed by atoms with Gasteiger partial charge < -0.3 is 10.2 Å². The first-order chi connectivity index (χ1) is 10.4. The maximum Gasteiger partial charge on any atom is 0.322 e. The molecule has 0 amide bonds. The zero-order chi connectivity index (χ0) is 15.9. The van der Waals surface area contributed by atoms with Gasteiger partial charge in [-0.15, -0.1) is 0 Å². The van der Waals surface area contributed by atoms with E-state index in [-0.39, 0.29) is 17.9 Å². The van der Waals surface area contributed by atoms with Crippen molar-refractivity contribution in [1.82, 2.24) is 4.31 Å². The Hall–Kier alpha value is -1.96. The number of carboxylic acid groups (broad SMARTS) is 1. The van der Waals surface area contributed by atoms with Crippen molar-refractivity contribution in [2.24, 2.45) is 0 Å². The van der Waals surface area contributed by atoms with Crippen LogP contribution in [0.15, 0.2) is 47.4 Å². The summed E-state index contributed by atoms with van der Waals surface area (Å²) in [7, 11) is -3.96. The molecule has 7 heteroatoms. The predicted molar refractivity (Wildman–Crippen MR) is 79.9 cm³/mol. The third kappa shape index (κ3) is 2.47. The molecule has 0 radical (unpaired) electrons. The fourth-order valence-corrected chi connectivity index (χ4v) is 4.40. The monoisotopic (exact) mass is 321 g/mol. The molecule has 2 aromatic rings. The summed E-state index contributed by atoms with van der Waals surface area (Å²) < 4.78 is 26.2. The third-order valence-corrected chi connectivity index (χ3v) is 5.72. The van der Waals surface area contributed by atoms with E-state index in [2.05, 4.69) is 0 Å². The molecule has 0 saturated carbocycles. The molecular formula is C15H15NO5S. The highest BCUT2D eigenvalue weighted by Crippen LogP contribution is 2.28. The van der Waals surface area contributed by atoms with Gasteiger partial charge in [-0.2, -0.15) is 4.31 Å². The predicted octanol–water partition coefficient (Wildman–Crippen LogP) is 1.05. The van der Waals surface area contributed by atoms with E-state index in [1.165, 1.54) is 12.1 Å². The minimum Gasteiger partial charge on any atom is -0.480 e. The normalized spacial score (nSPS) is 23.0. The van der Waals surface area contributed by atoms with Gasteiger partial charge in [0.05, 0.1) is 11.0 Å². The Kier molecular flexibility index (Phi) is 3.64. The van der Waals surface area contributed by atoms with E-state index in [9.17, 15) is 18.3 Å². The molecule has 0 aliphatic carbocycles. The summed E-state index contributed by atoms with van der Waals surface area (Å²) >= 11 is 0. The van der Waals surface area contributed by atoms with E-state index in [1.807, 2.05) is 12.1 Å². The second-order valence-corrected chi connectivity index (χ2v) is 7.22. The van der Waals surface area contributed by atoms with Crippen molar-refractivity contribution in [3.05, 3.63) is 42.5 Å². The largest absolute Gasteiger partial charge is 0.480 e. The van der Waals surface area contributed by atoms with E-state index >= 15 is 0 Å². The number of hydrogen-bond donors (Lipinski definition) is 2. The van der Waals surface area contributed by atoms with Crippen molar-refractivity contribution in [3.8, 4) is 0 Å². The molecule has 2 atom stereocenters. The molecule has 0 aromatic heterocycles. The highest BCUT2D eigenvalue weighted by Gasteiger charge is 2.43. The summed E-state index contributed by atoms with van der Waals surface area (Å²) in [6.45, 7) is -0.202. The molecule has 3 rings (SSSR count). The van der Waals surface area contributed by atoms with Gasteiger partial charge in [0.15, 0.2) is 0 Å². The van der Waals surface area contributed by atoms with E-state index in [0.29, 0.717) is 0 Å². The molecule has 6 nitrogen and oxygen atoms in total. The Morgan fingerprint density at radius 2 is 1.82 bits per heavy atom. The number of nitrogens with zero attached hydrogens (tertiary/aromatic N) is 1. The smallest absolute Gasteiger partial charge is 0.322 e. The van der Waals surface area contributed by atoms with Crippen molar-refractivity contribution in [3.63, 3.8) is 0 Å². The number of benzene rings is 2. The maximum absolute atomic E-state index is 12.7. The van der Waals surface area contributed by atoms with Crippen molar-refractivity contribution in [2.75, 3.05) is 6.54 Å². The minimum absolute atomic E-state index is 0.0338. The number of rotatable bonds is 3. The number of carbonyl (C=O) groups is 1. The van der Waals surface area contributed by atoms with Crippen LogP contribution >= 0.6 is 0 Å². The zero-order valence-corrected chi connectivity index (χ0v) is 12.4. The molecule has 0 bridgehead atoms. The number of hydrogen-bond acceptors (Lipinski definition) is 4. The van der Waals surface area contributed by atoms with Crippen LogP contribution in [-0.4, -0.2) is 47.6 Å². The highest BCUT2D eigenvalue weighted by atomic mass is 32.2. The van der Waals surface area contributed by atoms with Crippen molar-refractivity contribution < 1.29 is 23.4 Å². The summed E-state index contributed by atoms with van der Waals surface area (Å²) in [5.74, 6) is -1.25. The first-order valence-corrected chi connectivity index (χ1v) is 8.25. The number of aliphatic hydroxyl groups is 1. The topological polar surface area (TPSA) is 94.9 Å². The number of aliphatic carboxylic acids is 1. The summed E-state index contributed by atoms with van der Waals surface area (Å²) in [6, 6.07) is 10.8. The Morgan fingerprint density at radius 3 is 2.50 bits per heavy atom. The zero-order valence-electron chi connectivity index (χ0n) is 11.6. The van der Waals surface area contributed by atoms with Gasteiger partial charge in [-0.05, 0) is 22.9 Å². The van der Waals surface area contributed by atoms with Gasteiger partial charge in [-0.3, -0.25) is 4.79 Å². The van der Waals surface area contributed by atoms with Gasteiger partial charge >= 0.3 is 5.97 Å². The molecule has 0 spiro atoms. The summed E-state index contributed by atoms with van der Waals surface area (Å²) in [6.07, 6.45) is -1.06. The molecule has 2 aromatic carbocycles. The van der Waals surface area contributed by atoms with Crippen LogP contribution in [0.25, 0.3) is 10.8 Å². The molecule has 1 fully saturated rings. The SMILES string of the molecule is O=C(O)[C@@H]1C[C@H](O)CN1S(=O)(=O)c1ccc2ccccc2c1. The molecule has 22 heavy (non-hydrogen) atoms. The molecule has 1 saturated heterocycles. The fourth-order valence-electron chi connectivity index (χ4n) is 2.74. The molecule has 1 aliphatic rings. The number of carboxylic acids is 1. The summed E-state index contributed by atoms with van der Waals surface area (Å²) in [5.41, 5.74) is 0. The summed E-state index contributed by atoms with van der Waals surface area (Å²) in [5, 5.41) is 20.5. The van der Waals surface area contributed by atoms with E-state index in [0.717, 1.165) is 15.1 Å². The van der Waals surface area contributed by atoms with E-state index in [4.69, 9.17) is 5.11 Å². The van der Waals surface area contributed by atoms with Crippen molar-refractivity contribution in [2.45, 2.75) is 23.5 Å². The lowest BCUT2D eigenvalue weighted by Gasteiger charge is -2.20. The van der Waals surface area contributed by atoms with Gasteiger partial charge in [0, 0.05) is 13.0 Å². The van der Waals surface area contributed by atoms with Crippen LogP contribution < -0.4 is 0 Å². The second kappa shape index (κ2) is 5.35. The molecule has 1 heterocycles. The van der Waals surface area contributed by atoms with Gasteiger partial charge in [-0.25, -0.2) is 8.42 Å². The van der Waals surface area contributed by atoms with E-state index < -0.39 is 28.1 Å². The minimum atomic E-state index is -3.96. The maximum atomic E-state index is 12.7. The second-order valence-electron chi connectivity index (χ2n) is 5.33. The first-order valence-electron chi connectivity index (χ1n) is 6.81. The number of fused-ring (bicyclic) bond motifs is 1. The Morgan fingerprint density at radius 1 is 1.14 bits per heavy atom. The molecular weight excluding hydrogens is 306 g/mol. The van der Waals surface area contributed by atoms with Crippen LogP contribution in [-0.2, 0) is 14.8 Å². The van der Waals surface area contributed by atoms with Crippen LogP contribution in [0.2, 0.25) is 0 Å². The lowest BCUT2D eigenvalue weighted by molar-refractivity contribution is -0.140. The van der Waals surface area contributed by atoms with Gasteiger partial charge in [0.1, 0.15) is 6.04 Å². The number of sulfonamides is 1. The lowest BCUT2D eigenvalue weighted by atomic mass is 10.1. The molecule has 2 N–H and O–H groups in total. The van der Waals surface area contributed by atoms with Crippen LogP contribution in [0.4, 0.5) is 0 Å². The Balaban J connectivity index is 2.05. The van der Waals surface area contributed by atoms with Crippen LogP contribution in [0.1, 0.15) is 6.42 Å². The van der Waals surface area contributed by atoms with Crippen LogP contribution in [0.3, 0.4) is 0 Å². The fraction of sp³-hybridized carbons (Fsp3) is 0.267. The van der Waals surface area contributed by atoms with Gasteiger partial charge in [0.25, 0.3) is 0 Å². The average Bonchev–Trinajstić information content (AvgIpc) is 2.90. The Bertz CT molecular complexity index is 833. The van der Waals surface area contributed by atoms with Gasteiger partial charge in [-0.1, -0.05) is 30.3 Å². The van der Waals surface area contributed by atoms with Crippen LogP contribution in [0.5, 0.6) is 0 Å². The average molecular weight is 321 g/mol. The van der Waals surface area contributed by atoms with Crippen LogP contribution in [0, 0.1) is 0 Å².